The average Bonchev–Trinajstić information content (AvgIpc) is 3.28. The molecule has 3 aromatic heterocycles. The van der Waals surface area contributed by atoms with Crippen molar-refractivity contribution in [1.29, 1.82) is 0 Å². The maximum atomic E-state index is 14.2. The zero-order valence-electron chi connectivity index (χ0n) is 16.8. The molecule has 5 aromatic rings. The monoisotopic (exact) mass is 503 g/mol. The second-order valence-electron chi connectivity index (χ2n) is 7.13. The summed E-state index contributed by atoms with van der Waals surface area (Å²) in [5.41, 5.74) is 0.987. The Morgan fingerprint density at radius 3 is 2.73 bits per heavy atom. The van der Waals surface area contributed by atoms with Crippen LogP contribution in [-0.2, 0) is 0 Å². The number of rotatable bonds is 4. The van der Waals surface area contributed by atoms with Gasteiger partial charge in [0.2, 0.25) is 0 Å². The van der Waals surface area contributed by atoms with E-state index in [0.29, 0.717) is 17.0 Å². The average molecular weight is 505 g/mol. The molecule has 8 nitrogen and oxygen atoms in total. The van der Waals surface area contributed by atoms with Gasteiger partial charge in [-0.15, -0.1) is 0 Å². The number of fused-ring (bicyclic) bond motifs is 2. The number of halogens is 4. The quantitative estimate of drug-likeness (QED) is 0.343. The Morgan fingerprint density at radius 2 is 1.91 bits per heavy atom. The molecule has 12 heteroatoms. The molecule has 0 saturated heterocycles. The van der Waals surface area contributed by atoms with E-state index in [9.17, 15) is 9.18 Å². The van der Waals surface area contributed by atoms with E-state index < -0.39 is 17.4 Å². The van der Waals surface area contributed by atoms with Gasteiger partial charge < -0.3 is 10.3 Å². The molecule has 0 saturated carbocycles. The molecule has 2 N–H and O–H groups in total. The van der Waals surface area contributed by atoms with Gasteiger partial charge in [-0.25, -0.2) is 24.3 Å². The van der Waals surface area contributed by atoms with Gasteiger partial charge in [0.1, 0.15) is 23.5 Å². The van der Waals surface area contributed by atoms with Crippen molar-refractivity contribution in [2.24, 2.45) is 0 Å². The summed E-state index contributed by atoms with van der Waals surface area (Å²) >= 11 is 18.8. The molecule has 33 heavy (non-hydrogen) atoms. The summed E-state index contributed by atoms with van der Waals surface area (Å²) in [6.45, 7) is 1.79. The van der Waals surface area contributed by atoms with Gasteiger partial charge in [0.05, 0.1) is 44.0 Å². The first-order valence-electron chi connectivity index (χ1n) is 9.62. The number of benzene rings is 2. The normalized spacial score (nSPS) is 12.4. The molecule has 166 valence electrons. The van der Waals surface area contributed by atoms with E-state index in [1.165, 1.54) is 23.3 Å². The summed E-state index contributed by atoms with van der Waals surface area (Å²) in [6.07, 6.45) is 2.87. The van der Waals surface area contributed by atoms with Crippen LogP contribution in [0.3, 0.4) is 0 Å². The minimum absolute atomic E-state index is 0.0679. The van der Waals surface area contributed by atoms with Crippen LogP contribution in [0.25, 0.3) is 27.8 Å². The van der Waals surface area contributed by atoms with Crippen molar-refractivity contribution in [2.45, 2.75) is 13.0 Å². The van der Waals surface area contributed by atoms with Gasteiger partial charge in [0, 0.05) is 0 Å². The fourth-order valence-electron chi connectivity index (χ4n) is 3.56. The maximum absolute atomic E-state index is 14.2. The Morgan fingerprint density at radius 1 is 1.09 bits per heavy atom. The smallest absolute Gasteiger partial charge is 0.267 e. The summed E-state index contributed by atoms with van der Waals surface area (Å²) < 4.78 is 15.4. The van der Waals surface area contributed by atoms with Crippen LogP contribution in [-0.4, -0.2) is 29.5 Å². The zero-order chi connectivity index (χ0) is 23.3. The molecule has 0 aliphatic rings. The van der Waals surface area contributed by atoms with Gasteiger partial charge in [-0.3, -0.25) is 9.36 Å². The molecule has 0 aliphatic heterocycles. The lowest BCUT2D eigenvalue weighted by atomic mass is 10.2. The van der Waals surface area contributed by atoms with Crippen LogP contribution in [0, 0.1) is 5.82 Å². The highest BCUT2D eigenvalue weighted by Gasteiger charge is 2.23. The van der Waals surface area contributed by atoms with Crippen molar-refractivity contribution in [3.63, 3.8) is 0 Å². The van der Waals surface area contributed by atoms with Gasteiger partial charge >= 0.3 is 0 Å². The summed E-state index contributed by atoms with van der Waals surface area (Å²) in [4.78, 5) is 33.7. The highest BCUT2D eigenvalue weighted by molar-refractivity contribution is 6.43. The van der Waals surface area contributed by atoms with Gasteiger partial charge in [0.15, 0.2) is 11.5 Å². The van der Waals surface area contributed by atoms with E-state index in [1.54, 1.807) is 25.1 Å². The first-order valence-corrected chi connectivity index (χ1v) is 10.8. The number of nitrogens with one attached hydrogen (secondary N) is 2. The van der Waals surface area contributed by atoms with Gasteiger partial charge in [-0.2, -0.15) is 0 Å². The van der Waals surface area contributed by atoms with E-state index >= 15 is 0 Å². The Hall–Kier alpha value is -3.27. The van der Waals surface area contributed by atoms with Crippen molar-refractivity contribution in [3.05, 3.63) is 80.0 Å². The molecule has 1 atom stereocenters. The molecule has 5 rings (SSSR count). The number of imidazole rings is 1. The van der Waals surface area contributed by atoms with Crippen LogP contribution >= 0.6 is 34.8 Å². The lowest BCUT2D eigenvalue weighted by Crippen LogP contribution is -2.28. The van der Waals surface area contributed by atoms with Crippen LogP contribution in [0.2, 0.25) is 15.1 Å². The minimum atomic E-state index is -0.728. The van der Waals surface area contributed by atoms with E-state index in [1.807, 2.05) is 0 Å². The maximum Gasteiger partial charge on any atom is 0.267 e. The number of aromatic amines is 1. The van der Waals surface area contributed by atoms with Gasteiger partial charge in [0.25, 0.3) is 5.56 Å². The number of nitrogens with zero attached hydrogens (tertiary/aromatic N) is 5. The molecule has 0 aliphatic carbocycles. The Labute approximate surface area is 200 Å². The second kappa shape index (κ2) is 8.26. The molecule has 0 radical (unpaired) electrons. The summed E-state index contributed by atoms with van der Waals surface area (Å²) in [6, 6.07) is 6.85. The van der Waals surface area contributed by atoms with Gasteiger partial charge in [-0.05, 0) is 31.2 Å². The third kappa shape index (κ3) is 3.58. The van der Waals surface area contributed by atoms with E-state index in [-0.39, 0.29) is 37.5 Å². The van der Waals surface area contributed by atoms with Crippen LogP contribution in [0.4, 0.5) is 10.2 Å². The molecular formula is C21H13Cl3FN7O. The van der Waals surface area contributed by atoms with Crippen LogP contribution in [0.5, 0.6) is 0 Å². The molecule has 2 aromatic carbocycles. The largest absolute Gasteiger partial charge is 0.358 e. The third-order valence-electron chi connectivity index (χ3n) is 5.09. The Balaban J connectivity index is 1.77. The predicted octanol–water partition coefficient (Wildman–Crippen LogP) is 5.32. The zero-order valence-corrected chi connectivity index (χ0v) is 19.0. The fraction of sp³-hybridized carbons (Fsp3) is 0.0952. The molecule has 0 bridgehead atoms. The van der Waals surface area contributed by atoms with Crippen molar-refractivity contribution >= 4 is 62.7 Å². The Kier molecular flexibility index (Phi) is 5.40. The number of hydrogen-bond acceptors (Lipinski definition) is 6. The van der Waals surface area contributed by atoms with E-state index in [4.69, 9.17) is 34.8 Å². The molecule has 0 unspecified atom stereocenters. The van der Waals surface area contributed by atoms with Crippen molar-refractivity contribution < 1.29 is 4.39 Å². The van der Waals surface area contributed by atoms with Crippen molar-refractivity contribution in [1.82, 2.24) is 29.5 Å². The minimum Gasteiger partial charge on any atom is -0.358 e. The van der Waals surface area contributed by atoms with Crippen LogP contribution in [0.1, 0.15) is 18.8 Å². The SMILES string of the molecule is C[C@@H](Nc1ncnc2nc[nH]c12)c1nc2ccc(F)c(Cl)c2c(=O)n1-c1cccc(Cl)c1Cl. The summed E-state index contributed by atoms with van der Waals surface area (Å²) in [5.74, 6) is 0.0131. The van der Waals surface area contributed by atoms with Crippen molar-refractivity contribution in [3.8, 4) is 5.69 Å². The first-order chi connectivity index (χ1) is 15.9. The summed E-state index contributed by atoms with van der Waals surface area (Å²) in [5, 5.41) is 3.22. The molecule has 0 fully saturated rings. The number of aromatic nitrogens is 6. The molecule has 0 amide bonds. The molecular weight excluding hydrogens is 492 g/mol. The van der Waals surface area contributed by atoms with Crippen LogP contribution in [0.15, 0.2) is 47.8 Å². The topological polar surface area (TPSA) is 101 Å². The highest BCUT2D eigenvalue weighted by Crippen LogP contribution is 2.32. The number of hydrogen-bond donors (Lipinski definition) is 2. The molecule has 3 heterocycles. The lowest BCUT2D eigenvalue weighted by molar-refractivity contribution is 0.629. The molecule has 0 spiro atoms. The van der Waals surface area contributed by atoms with E-state index in [2.05, 4.69) is 30.2 Å². The number of H-pyrrole nitrogens is 1. The first kappa shape index (κ1) is 21.6. The summed E-state index contributed by atoms with van der Waals surface area (Å²) in [7, 11) is 0. The third-order valence-corrected chi connectivity index (χ3v) is 6.27. The Bertz CT molecular complexity index is 1600. The number of anilines is 1. The van der Waals surface area contributed by atoms with Gasteiger partial charge in [-0.1, -0.05) is 40.9 Å². The van der Waals surface area contributed by atoms with Crippen LogP contribution < -0.4 is 10.9 Å². The predicted molar refractivity (Wildman–Crippen MR) is 126 cm³/mol. The standard InChI is InChI=1S/C21H13Cl3FN7O/c1-9(30-19-17-18(27-7-26-17)28-8-29-19)20-31-12-6-5-11(25)16(24)14(12)21(33)32(20)13-4-2-3-10(22)15(13)23/h2-9H,1H3,(H2,26,27,28,29,30)/t9-/m1/s1. The van der Waals surface area contributed by atoms with E-state index in [0.717, 1.165) is 6.07 Å². The highest BCUT2D eigenvalue weighted by atomic mass is 35.5. The lowest BCUT2D eigenvalue weighted by Gasteiger charge is -2.21. The van der Waals surface area contributed by atoms with Crippen molar-refractivity contribution in [2.75, 3.05) is 5.32 Å². The second-order valence-corrected chi connectivity index (χ2v) is 8.29. The fourth-order valence-corrected chi connectivity index (χ4v) is 4.18.